The zero-order chi connectivity index (χ0) is 11.4. The Balaban J connectivity index is 0. The minimum atomic E-state index is 0.214. The second-order valence-electron chi connectivity index (χ2n) is 2.36. The molecule has 0 saturated carbocycles. The maximum absolute atomic E-state index is 10.6. The Morgan fingerprint density at radius 1 is 1.14 bits per heavy atom. The van der Waals surface area contributed by atoms with E-state index in [2.05, 4.69) is 15.9 Å². The molecule has 1 aromatic carbocycles. The summed E-state index contributed by atoms with van der Waals surface area (Å²) in [6.07, 6.45) is 0.556. The quantitative estimate of drug-likeness (QED) is 0.737. The predicted molar refractivity (Wildman–Crippen MR) is 67.0 cm³/mol. The van der Waals surface area contributed by atoms with Crippen LogP contribution in [0, 0.1) is 0 Å². The van der Waals surface area contributed by atoms with Crippen LogP contribution in [-0.2, 0) is 11.2 Å². The van der Waals surface area contributed by atoms with Crippen LogP contribution >= 0.6 is 15.9 Å². The molecule has 0 bridgehead atoms. The van der Waals surface area contributed by atoms with Gasteiger partial charge in [-0.15, -0.1) is 0 Å². The molecule has 0 N–H and O–H groups in total. The van der Waals surface area contributed by atoms with Gasteiger partial charge >= 0.3 is 0 Å². The normalized spacial score (nSPS) is 7.50. The lowest BCUT2D eigenvalue weighted by atomic mass is 10.1. The van der Waals surface area contributed by atoms with Crippen LogP contribution in [0.5, 0.6) is 0 Å². The molecule has 0 fully saturated rings. The molecule has 1 aromatic rings. The van der Waals surface area contributed by atoms with Crippen LogP contribution in [0.2, 0.25) is 0 Å². The average molecular weight is 259 g/mol. The summed E-state index contributed by atoms with van der Waals surface area (Å²) in [6.45, 7) is 5.60. The molecule has 0 aromatic heterocycles. The van der Waals surface area contributed by atoms with Crippen LogP contribution < -0.4 is 0 Å². The van der Waals surface area contributed by atoms with Crippen molar-refractivity contribution >= 4 is 21.7 Å². The minimum absolute atomic E-state index is 0.214. The molecule has 0 amide bonds. The molecule has 0 spiro atoms. The third-order valence-corrected chi connectivity index (χ3v) is 1.30. The van der Waals surface area contributed by atoms with Gasteiger partial charge in [-0.25, -0.2) is 0 Å². The summed E-state index contributed by atoms with van der Waals surface area (Å²) in [5, 5.41) is 0. The molecule has 0 aliphatic heterocycles. The zero-order valence-corrected chi connectivity index (χ0v) is 11.0. The van der Waals surface area contributed by atoms with Gasteiger partial charge in [0.25, 0.3) is 0 Å². The summed E-state index contributed by atoms with van der Waals surface area (Å²) >= 11 is 2.94. The lowest BCUT2D eigenvalue weighted by Crippen LogP contribution is -1.94. The van der Waals surface area contributed by atoms with E-state index in [1.54, 1.807) is 6.92 Å². The number of carbonyl (C=O) groups excluding carboxylic acids is 1. The summed E-state index contributed by atoms with van der Waals surface area (Å²) in [4.78, 5) is 10.6. The lowest BCUT2D eigenvalue weighted by Gasteiger charge is -1.93. The maximum atomic E-state index is 10.6. The van der Waals surface area contributed by atoms with Crippen molar-refractivity contribution in [2.75, 3.05) is 5.83 Å². The van der Waals surface area contributed by atoms with Gasteiger partial charge in [-0.05, 0) is 18.3 Å². The van der Waals surface area contributed by atoms with Crippen LogP contribution in [0.1, 0.15) is 26.3 Å². The fraction of sp³-hybridized carbons (Fsp3) is 0.417. The molecule has 0 saturated heterocycles. The highest BCUT2D eigenvalue weighted by Gasteiger charge is 1.93. The van der Waals surface area contributed by atoms with Gasteiger partial charge in [-0.3, -0.25) is 4.79 Å². The Morgan fingerprint density at radius 2 is 1.57 bits per heavy atom. The number of benzene rings is 1. The van der Waals surface area contributed by atoms with E-state index >= 15 is 0 Å². The van der Waals surface area contributed by atoms with E-state index in [9.17, 15) is 4.79 Å². The molecule has 80 valence electrons. The Hall–Kier alpha value is -0.630. The van der Waals surface area contributed by atoms with Gasteiger partial charge in [0.2, 0.25) is 0 Å². The van der Waals surface area contributed by atoms with E-state index in [-0.39, 0.29) is 5.78 Å². The van der Waals surface area contributed by atoms with Crippen LogP contribution in [-0.4, -0.2) is 11.6 Å². The van der Waals surface area contributed by atoms with Crippen LogP contribution in [0.4, 0.5) is 0 Å². The highest BCUT2D eigenvalue weighted by molar-refractivity contribution is 9.08. The molecule has 1 rings (SSSR count). The third-order valence-electron chi connectivity index (χ3n) is 1.30. The molecule has 0 heterocycles. The highest BCUT2D eigenvalue weighted by Crippen LogP contribution is 1.98. The van der Waals surface area contributed by atoms with Gasteiger partial charge in [0.15, 0.2) is 0 Å². The van der Waals surface area contributed by atoms with Crippen molar-refractivity contribution < 1.29 is 4.79 Å². The number of rotatable bonds is 2. The SMILES string of the molecule is CBr.CC.CC(=O)Cc1ccccc1. The molecule has 0 aliphatic carbocycles. The monoisotopic (exact) mass is 258 g/mol. The molecular weight excluding hydrogens is 240 g/mol. The fourth-order valence-electron chi connectivity index (χ4n) is 0.883. The molecule has 0 unspecified atom stereocenters. The molecule has 14 heavy (non-hydrogen) atoms. The predicted octanol–water partition coefficient (Wildman–Crippen LogP) is 3.86. The van der Waals surface area contributed by atoms with E-state index in [0.29, 0.717) is 6.42 Å². The van der Waals surface area contributed by atoms with Gasteiger partial charge in [0, 0.05) is 6.42 Å². The number of ketones is 1. The largest absolute Gasteiger partial charge is 0.300 e. The first-order valence-corrected chi connectivity index (χ1v) is 6.29. The van der Waals surface area contributed by atoms with E-state index in [1.807, 2.05) is 50.0 Å². The van der Waals surface area contributed by atoms with Crippen LogP contribution in [0.3, 0.4) is 0 Å². The average Bonchev–Trinajstić information content (AvgIpc) is 2.24. The number of halogens is 1. The molecule has 0 atom stereocenters. The first-order chi connectivity index (χ1) is 6.79. The second kappa shape index (κ2) is 12.4. The van der Waals surface area contributed by atoms with Crippen molar-refractivity contribution in [3.63, 3.8) is 0 Å². The second-order valence-corrected chi connectivity index (χ2v) is 2.36. The molecular formula is C12H19BrO. The topological polar surface area (TPSA) is 17.1 Å². The van der Waals surface area contributed by atoms with Gasteiger partial charge in [0.05, 0.1) is 0 Å². The van der Waals surface area contributed by atoms with E-state index in [1.165, 1.54) is 0 Å². The number of hydrogen-bond donors (Lipinski definition) is 0. The summed E-state index contributed by atoms with van der Waals surface area (Å²) in [6, 6.07) is 9.75. The van der Waals surface area contributed by atoms with E-state index in [0.717, 1.165) is 5.56 Å². The third kappa shape index (κ3) is 9.46. The summed E-state index contributed by atoms with van der Waals surface area (Å²) < 4.78 is 0. The lowest BCUT2D eigenvalue weighted by molar-refractivity contribution is -0.116. The first kappa shape index (κ1) is 15.8. The smallest absolute Gasteiger partial charge is 0.134 e. The zero-order valence-electron chi connectivity index (χ0n) is 9.38. The highest BCUT2D eigenvalue weighted by atomic mass is 79.9. The van der Waals surface area contributed by atoms with Crippen LogP contribution in [0.15, 0.2) is 30.3 Å². The molecule has 0 radical (unpaired) electrons. The standard InChI is InChI=1S/C9H10O.C2H6.CH3Br/c1-8(10)7-9-5-3-2-4-6-9;2*1-2/h2-6H,7H2,1H3;1-2H3;1H3. The number of carbonyl (C=O) groups is 1. The molecule has 1 nitrogen and oxygen atoms in total. The van der Waals surface area contributed by atoms with Crippen molar-refractivity contribution in [2.24, 2.45) is 0 Å². The summed E-state index contributed by atoms with van der Waals surface area (Å²) in [7, 11) is 0. The molecule has 2 heteroatoms. The van der Waals surface area contributed by atoms with E-state index < -0.39 is 0 Å². The molecule has 0 aliphatic rings. The van der Waals surface area contributed by atoms with Gasteiger partial charge in [-0.1, -0.05) is 60.1 Å². The van der Waals surface area contributed by atoms with Crippen molar-refractivity contribution in [1.82, 2.24) is 0 Å². The number of alkyl halides is 1. The van der Waals surface area contributed by atoms with Crippen molar-refractivity contribution in [3.05, 3.63) is 35.9 Å². The maximum Gasteiger partial charge on any atom is 0.134 e. The van der Waals surface area contributed by atoms with Crippen molar-refractivity contribution in [3.8, 4) is 0 Å². The Labute approximate surface area is 95.7 Å². The Morgan fingerprint density at radius 3 is 1.93 bits per heavy atom. The Kier molecular flexibility index (Phi) is 14.0. The van der Waals surface area contributed by atoms with Gasteiger partial charge in [-0.2, -0.15) is 0 Å². The summed E-state index contributed by atoms with van der Waals surface area (Å²) in [5.74, 6) is 2.03. The minimum Gasteiger partial charge on any atom is -0.300 e. The van der Waals surface area contributed by atoms with Gasteiger partial charge < -0.3 is 0 Å². The summed E-state index contributed by atoms with van der Waals surface area (Å²) in [5.41, 5.74) is 1.09. The van der Waals surface area contributed by atoms with Crippen molar-refractivity contribution in [1.29, 1.82) is 0 Å². The van der Waals surface area contributed by atoms with E-state index in [4.69, 9.17) is 0 Å². The Bertz CT molecular complexity index is 219. The van der Waals surface area contributed by atoms with Crippen LogP contribution in [0.25, 0.3) is 0 Å². The number of hydrogen-bond acceptors (Lipinski definition) is 1. The first-order valence-electron chi connectivity index (χ1n) is 4.70. The number of Topliss-reactive ketones (excluding diaryl/α,β-unsaturated/α-hetero) is 1. The van der Waals surface area contributed by atoms with Crippen molar-refractivity contribution in [2.45, 2.75) is 27.2 Å². The fourth-order valence-corrected chi connectivity index (χ4v) is 0.883. The van der Waals surface area contributed by atoms with Gasteiger partial charge in [0.1, 0.15) is 5.78 Å².